The van der Waals surface area contributed by atoms with Crippen molar-refractivity contribution in [3.05, 3.63) is 0 Å². The maximum Gasteiger partial charge on any atom is 0.303 e. The molecule has 3 N–H and O–H groups in total. The van der Waals surface area contributed by atoms with Crippen LogP contribution in [0, 0.1) is 0 Å². The lowest BCUT2D eigenvalue weighted by Crippen LogP contribution is -2.38. The minimum Gasteiger partial charge on any atom is -0.481 e. The van der Waals surface area contributed by atoms with E-state index in [0.29, 0.717) is 6.61 Å². The Labute approximate surface area is 118 Å². The third-order valence-electron chi connectivity index (χ3n) is 2.05. The highest BCUT2D eigenvalue weighted by atomic mass is 33.1. The van der Waals surface area contributed by atoms with Crippen LogP contribution in [0.25, 0.3) is 0 Å². The molecule has 0 spiro atoms. The Balaban J connectivity index is 3.30. The van der Waals surface area contributed by atoms with Gasteiger partial charge in [-0.25, -0.2) is 0 Å². The summed E-state index contributed by atoms with van der Waals surface area (Å²) in [4.78, 5) is 10.3. The molecule has 0 rings (SSSR count). The molecule has 4 nitrogen and oxygen atoms in total. The summed E-state index contributed by atoms with van der Waals surface area (Å²) in [6, 6.07) is 0. The van der Waals surface area contributed by atoms with Crippen LogP contribution in [0.3, 0.4) is 0 Å². The molecule has 0 amide bonds. The van der Waals surface area contributed by atoms with E-state index in [-0.39, 0.29) is 18.1 Å². The molecule has 0 aromatic carbocycles. The van der Waals surface area contributed by atoms with Crippen LogP contribution in [-0.4, -0.2) is 40.8 Å². The maximum absolute atomic E-state index is 10.3. The quantitative estimate of drug-likeness (QED) is 0.451. The Morgan fingerprint density at radius 1 is 1.39 bits per heavy atom. The number of hydrogen-bond donors (Lipinski definition) is 2. The molecule has 0 heterocycles. The van der Waals surface area contributed by atoms with Crippen LogP contribution in [0.5, 0.6) is 0 Å². The van der Waals surface area contributed by atoms with Crippen molar-refractivity contribution in [1.29, 1.82) is 0 Å². The summed E-state index contributed by atoms with van der Waals surface area (Å²) in [5.41, 5.74) is 5.56. The van der Waals surface area contributed by atoms with Crippen molar-refractivity contribution >= 4 is 27.6 Å². The minimum atomic E-state index is -0.716. The Kier molecular flexibility index (Phi) is 10.00. The predicted octanol–water partition coefficient (Wildman–Crippen LogP) is 2.77. The molecule has 1 unspecified atom stereocenters. The van der Waals surface area contributed by atoms with E-state index in [1.54, 1.807) is 21.6 Å². The maximum atomic E-state index is 10.3. The summed E-state index contributed by atoms with van der Waals surface area (Å²) >= 11 is 0. The highest BCUT2D eigenvalue weighted by Gasteiger charge is 2.12. The monoisotopic (exact) mass is 295 g/mol. The Morgan fingerprint density at radius 3 is 2.56 bits per heavy atom. The number of aliphatic carboxylic acids is 1. The number of hydrogen-bond acceptors (Lipinski definition) is 5. The highest BCUT2D eigenvalue weighted by Crippen LogP contribution is 2.24. The number of carboxylic acids is 1. The molecule has 0 bridgehead atoms. The zero-order chi connectivity index (χ0) is 14.0. The topological polar surface area (TPSA) is 72.5 Å². The van der Waals surface area contributed by atoms with E-state index in [9.17, 15) is 4.79 Å². The number of rotatable bonds is 11. The van der Waals surface area contributed by atoms with Crippen molar-refractivity contribution in [2.75, 3.05) is 18.1 Å². The van der Waals surface area contributed by atoms with E-state index in [4.69, 9.17) is 15.6 Å². The van der Waals surface area contributed by atoms with Gasteiger partial charge in [-0.2, -0.15) is 0 Å². The van der Waals surface area contributed by atoms with E-state index < -0.39 is 5.97 Å². The SMILES string of the molecule is CC(CCSSCCCC(=O)O)OCC(C)(C)N. The van der Waals surface area contributed by atoms with Gasteiger partial charge in [-0.3, -0.25) is 4.79 Å². The predicted molar refractivity (Wildman–Crippen MR) is 80.1 cm³/mol. The van der Waals surface area contributed by atoms with Crippen LogP contribution in [0.4, 0.5) is 0 Å². The van der Waals surface area contributed by atoms with Gasteiger partial charge in [0, 0.05) is 23.5 Å². The summed E-state index contributed by atoms with van der Waals surface area (Å²) in [5.74, 6) is 1.19. The molecule has 18 heavy (non-hydrogen) atoms. The van der Waals surface area contributed by atoms with Gasteiger partial charge in [-0.15, -0.1) is 0 Å². The zero-order valence-corrected chi connectivity index (χ0v) is 13.1. The molecule has 0 aliphatic heterocycles. The summed E-state index contributed by atoms with van der Waals surface area (Å²) in [6.45, 7) is 6.53. The van der Waals surface area contributed by atoms with E-state index in [1.807, 2.05) is 13.8 Å². The Hall–Kier alpha value is 0.0900. The van der Waals surface area contributed by atoms with Gasteiger partial charge in [-0.1, -0.05) is 21.6 Å². The molecular formula is C12H25NO3S2. The van der Waals surface area contributed by atoms with Gasteiger partial charge in [0.25, 0.3) is 0 Å². The lowest BCUT2D eigenvalue weighted by Gasteiger charge is -2.21. The molecule has 0 aromatic heterocycles. The standard InChI is InChI=1S/C12H25NO3S2/c1-10(16-9-12(2,3)13)6-8-18-17-7-4-5-11(14)15/h10H,4-9,13H2,1-3H3,(H,14,15). The van der Waals surface area contributed by atoms with Crippen molar-refractivity contribution in [2.45, 2.75) is 51.7 Å². The van der Waals surface area contributed by atoms with Crippen molar-refractivity contribution in [2.24, 2.45) is 5.73 Å². The first kappa shape index (κ1) is 18.1. The first-order valence-electron chi connectivity index (χ1n) is 6.18. The lowest BCUT2D eigenvalue weighted by molar-refractivity contribution is -0.137. The van der Waals surface area contributed by atoms with Crippen LogP contribution in [-0.2, 0) is 9.53 Å². The van der Waals surface area contributed by atoms with Crippen LogP contribution < -0.4 is 5.73 Å². The van der Waals surface area contributed by atoms with E-state index in [2.05, 4.69) is 6.92 Å². The molecule has 0 aliphatic rings. The van der Waals surface area contributed by atoms with Crippen LogP contribution in [0.1, 0.15) is 40.0 Å². The summed E-state index contributed by atoms with van der Waals surface area (Å²) in [6.07, 6.45) is 2.21. The molecule has 0 saturated carbocycles. The van der Waals surface area contributed by atoms with Gasteiger partial charge < -0.3 is 15.6 Å². The molecule has 6 heteroatoms. The van der Waals surface area contributed by atoms with Gasteiger partial charge in [0.05, 0.1) is 12.7 Å². The second-order valence-corrected chi connectivity index (χ2v) is 7.74. The second-order valence-electron chi connectivity index (χ2n) is 5.04. The van der Waals surface area contributed by atoms with Gasteiger partial charge in [0.2, 0.25) is 0 Å². The molecule has 0 radical (unpaired) electrons. The summed E-state index contributed by atoms with van der Waals surface area (Å²) in [7, 11) is 3.51. The number of carboxylic acid groups (broad SMARTS) is 1. The van der Waals surface area contributed by atoms with E-state index in [1.165, 1.54) is 0 Å². The minimum absolute atomic E-state index is 0.222. The van der Waals surface area contributed by atoms with Crippen LogP contribution >= 0.6 is 21.6 Å². The van der Waals surface area contributed by atoms with Crippen molar-refractivity contribution in [3.63, 3.8) is 0 Å². The Morgan fingerprint density at radius 2 is 2.00 bits per heavy atom. The first-order chi connectivity index (χ1) is 8.31. The second kappa shape index (κ2) is 9.95. The van der Waals surface area contributed by atoms with Crippen LogP contribution in [0.15, 0.2) is 0 Å². The molecule has 0 saturated heterocycles. The van der Waals surface area contributed by atoms with Crippen molar-refractivity contribution in [3.8, 4) is 0 Å². The highest BCUT2D eigenvalue weighted by molar-refractivity contribution is 8.76. The molecule has 0 fully saturated rings. The fourth-order valence-electron chi connectivity index (χ4n) is 1.05. The number of carbonyl (C=O) groups is 1. The van der Waals surface area contributed by atoms with E-state index >= 15 is 0 Å². The largest absolute Gasteiger partial charge is 0.481 e. The smallest absolute Gasteiger partial charge is 0.303 e. The van der Waals surface area contributed by atoms with Crippen molar-refractivity contribution in [1.82, 2.24) is 0 Å². The first-order valence-corrected chi connectivity index (χ1v) is 8.67. The van der Waals surface area contributed by atoms with Gasteiger partial charge >= 0.3 is 5.97 Å². The zero-order valence-electron chi connectivity index (χ0n) is 11.5. The van der Waals surface area contributed by atoms with Gasteiger partial charge in [0.1, 0.15) is 0 Å². The van der Waals surface area contributed by atoms with Gasteiger partial charge in [0.15, 0.2) is 0 Å². The average molecular weight is 295 g/mol. The van der Waals surface area contributed by atoms with Gasteiger partial charge in [-0.05, 0) is 33.6 Å². The number of ether oxygens (including phenoxy) is 1. The fourth-order valence-corrected chi connectivity index (χ4v) is 3.33. The molecular weight excluding hydrogens is 270 g/mol. The molecule has 0 aliphatic carbocycles. The third kappa shape index (κ3) is 14.2. The normalized spacial score (nSPS) is 13.6. The molecule has 1 atom stereocenters. The van der Waals surface area contributed by atoms with E-state index in [0.717, 1.165) is 24.3 Å². The fraction of sp³-hybridized carbons (Fsp3) is 0.917. The lowest BCUT2D eigenvalue weighted by atomic mass is 10.1. The van der Waals surface area contributed by atoms with Crippen LogP contribution in [0.2, 0.25) is 0 Å². The number of nitrogens with two attached hydrogens (primary N) is 1. The summed E-state index contributed by atoms with van der Waals surface area (Å²) < 4.78 is 5.64. The molecule has 108 valence electrons. The third-order valence-corrected chi connectivity index (χ3v) is 4.57. The average Bonchev–Trinajstić information content (AvgIpc) is 2.23. The Bertz CT molecular complexity index is 232. The molecule has 0 aromatic rings. The van der Waals surface area contributed by atoms with Crippen molar-refractivity contribution < 1.29 is 14.6 Å². The summed E-state index contributed by atoms with van der Waals surface area (Å²) in [5, 5.41) is 8.47.